The minimum atomic E-state index is 0.481. The van der Waals surface area contributed by atoms with Crippen LogP contribution in [0.2, 0.25) is 0 Å². The van der Waals surface area contributed by atoms with Gasteiger partial charge in [-0.3, -0.25) is 0 Å². The molecule has 1 aliphatic heterocycles. The van der Waals surface area contributed by atoms with E-state index in [4.69, 9.17) is 7.80 Å². The molecule has 0 bridgehead atoms. The fourth-order valence-corrected chi connectivity index (χ4v) is 2.46. The van der Waals surface area contributed by atoms with Crippen LogP contribution in [0.25, 0.3) is 0 Å². The van der Waals surface area contributed by atoms with E-state index in [-0.39, 0.29) is 0 Å². The van der Waals surface area contributed by atoms with Crippen molar-refractivity contribution in [2.75, 3.05) is 32.8 Å². The van der Waals surface area contributed by atoms with Crippen molar-refractivity contribution in [1.82, 2.24) is 4.90 Å². The van der Waals surface area contributed by atoms with Crippen LogP contribution in [0.3, 0.4) is 0 Å². The highest BCUT2D eigenvalue weighted by Crippen LogP contribution is 2.28. The Morgan fingerprint density at radius 2 is 1.87 bits per heavy atom. The summed E-state index contributed by atoms with van der Waals surface area (Å²) in [4.78, 5) is 2.49. The molecule has 1 saturated carbocycles. The topological polar surface area (TPSA) is 21.7 Å². The Morgan fingerprint density at radius 1 is 1.13 bits per heavy atom. The standard InChI is InChI=1S/C11H20INO2/c12-15-11-3-5-13(6-4-11)7-8-14-9-10-1-2-10/h10-11H,1-9H2. The highest BCUT2D eigenvalue weighted by Gasteiger charge is 2.22. The minimum absolute atomic E-state index is 0.481. The Kier molecular flexibility index (Phi) is 5.13. The third kappa shape index (κ3) is 4.54. The smallest absolute Gasteiger partial charge is 0.110 e. The number of piperidine rings is 1. The highest BCUT2D eigenvalue weighted by molar-refractivity contribution is 14.1. The largest absolute Gasteiger partial charge is 0.380 e. The summed E-state index contributed by atoms with van der Waals surface area (Å²) in [5.74, 6) is 0.892. The van der Waals surface area contributed by atoms with Crippen LogP contribution < -0.4 is 0 Å². The first-order valence-electron chi connectivity index (χ1n) is 5.96. The van der Waals surface area contributed by atoms with Gasteiger partial charge in [0.25, 0.3) is 0 Å². The molecule has 88 valence electrons. The van der Waals surface area contributed by atoms with E-state index in [1.807, 2.05) is 23.0 Å². The zero-order valence-corrected chi connectivity index (χ0v) is 11.3. The van der Waals surface area contributed by atoms with Crippen molar-refractivity contribution in [3.05, 3.63) is 0 Å². The van der Waals surface area contributed by atoms with E-state index in [9.17, 15) is 0 Å². The SMILES string of the molecule is IOC1CCN(CCOCC2CC2)CC1. The summed E-state index contributed by atoms with van der Waals surface area (Å²) >= 11 is 2.02. The second kappa shape index (κ2) is 6.37. The Balaban J connectivity index is 1.48. The molecule has 3 nitrogen and oxygen atoms in total. The first kappa shape index (κ1) is 12.1. The van der Waals surface area contributed by atoms with Gasteiger partial charge < -0.3 is 12.7 Å². The molecule has 2 fully saturated rings. The molecule has 2 rings (SSSR count). The predicted molar refractivity (Wildman–Crippen MR) is 68.1 cm³/mol. The van der Waals surface area contributed by atoms with Crippen LogP contribution in [0, 0.1) is 5.92 Å². The van der Waals surface area contributed by atoms with Crippen LogP contribution in [-0.2, 0) is 7.80 Å². The molecule has 15 heavy (non-hydrogen) atoms. The number of ether oxygens (including phenoxy) is 1. The molecule has 0 aromatic rings. The molecule has 0 amide bonds. The van der Waals surface area contributed by atoms with Gasteiger partial charge in [-0.2, -0.15) is 0 Å². The number of hydrogen-bond donors (Lipinski definition) is 0. The third-order valence-corrected chi connectivity index (χ3v) is 3.98. The number of rotatable bonds is 6. The minimum Gasteiger partial charge on any atom is -0.380 e. The van der Waals surface area contributed by atoms with E-state index in [1.165, 1.54) is 38.8 Å². The van der Waals surface area contributed by atoms with Crippen molar-refractivity contribution in [3.63, 3.8) is 0 Å². The maximum absolute atomic E-state index is 5.64. The molecule has 0 N–H and O–H groups in total. The van der Waals surface area contributed by atoms with Crippen LogP contribution in [-0.4, -0.2) is 43.9 Å². The third-order valence-electron chi connectivity index (χ3n) is 3.26. The lowest BCUT2D eigenvalue weighted by atomic mass is 10.1. The van der Waals surface area contributed by atoms with Crippen molar-refractivity contribution in [1.29, 1.82) is 0 Å². The van der Waals surface area contributed by atoms with Crippen LogP contribution in [0.5, 0.6) is 0 Å². The summed E-state index contributed by atoms with van der Waals surface area (Å²) < 4.78 is 11.0. The van der Waals surface area contributed by atoms with Crippen molar-refractivity contribution < 1.29 is 7.80 Å². The van der Waals surface area contributed by atoms with Gasteiger partial charge in [-0.1, -0.05) is 0 Å². The maximum atomic E-state index is 5.64. The van der Waals surface area contributed by atoms with Crippen molar-refractivity contribution in [2.24, 2.45) is 5.92 Å². The number of hydrogen-bond acceptors (Lipinski definition) is 3. The van der Waals surface area contributed by atoms with Crippen LogP contribution >= 0.6 is 23.0 Å². The Morgan fingerprint density at radius 3 is 2.47 bits per heavy atom. The van der Waals surface area contributed by atoms with E-state index >= 15 is 0 Å². The molecule has 0 aromatic heterocycles. The van der Waals surface area contributed by atoms with Gasteiger partial charge in [0.05, 0.1) is 12.7 Å². The lowest BCUT2D eigenvalue weighted by molar-refractivity contribution is 0.0728. The molecular weight excluding hydrogens is 305 g/mol. The summed E-state index contributed by atoms with van der Waals surface area (Å²) in [6.07, 6.45) is 5.60. The molecule has 1 aliphatic carbocycles. The van der Waals surface area contributed by atoms with Crippen molar-refractivity contribution in [2.45, 2.75) is 31.8 Å². The van der Waals surface area contributed by atoms with E-state index in [0.29, 0.717) is 6.10 Å². The maximum Gasteiger partial charge on any atom is 0.110 e. The normalized spacial score (nSPS) is 24.6. The van der Waals surface area contributed by atoms with Crippen LogP contribution in [0.1, 0.15) is 25.7 Å². The lowest BCUT2D eigenvalue weighted by Gasteiger charge is -2.30. The molecule has 0 radical (unpaired) electrons. The molecule has 1 saturated heterocycles. The Bertz CT molecular complexity index is 179. The first-order valence-corrected chi connectivity index (χ1v) is 6.84. The van der Waals surface area contributed by atoms with Gasteiger partial charge in [0, 0.05) is 26.2 Å². The Hall–Kier alpha value is 0.610. The van der Waals surface area contributed by atoms with E-state index in [2.05, 4.69) is 4.90 Å². The fourth-order valence-electron chi connectivity index (χ4n) is 1.95. The van der Waals surface area contributed by atoms with Crippen LogP contribution in [0.15, 0.2) is 0 Å². The summed E-state index contributed by atoms with van der Waals surface area (Å²) in [7, 11) is 0. The summed E-state index contributed by atoms with van der Waals surface area (Å²) in [6, 6.07) is 0. The van der Waals surface area contributed by atoms with Gasteiger partial charge in [-0.05, 0) is 31.6 Å². The van der Waals surface area contributed by atoms with Gasteiger partial charge in [0.2, 0.25) is 0 Å². The fraction of sp³-hybridized carbons (Fsp3) is 1.00. The summed E-state index contributed by atoms with van der Waals surface area (Å²) in [5, 5.41) is 0. The quantitative estimate of drug-likeness (QED) is 0.552. The van der Waals surface area contributed by atoms with Gasteiger partial charge >= 0.3 is 0 Å². The number of likely N-dealkylation sites (tertiary alicyclic amines) is 1. The van der Waals surface area contributed by atoms with Crippen molar-refractivity contribution in [3.8, 4) is 0 Å². The molecular formula is C11H20INO2. The molecule has 1 heterocycles. The molecule has 0 aromatic carbocycles. The molecule has 2 aliphatic rings. The predicted octanol–water partition coefficient (Wildman–Crippen LogP) is 2.24. The van der Waals surface area contributed by atoms with Gasteiger partial charge in [-0.15, -0.1) is 0 Å². The van der Waals surface area contributed by atoms with Gasteiger partial charge in [0.1, 0.15) is 23.0 Å². The average Bonchev–Trinajstić information content (AvgIpc) is 3.09. The molecule has 0 unspecified atom stereocenters. The highest BCUT2D eigenvalue weighted by atomic mass is 127. The average molecular weight is 325 g/mol. The summed E-state index contributed by atoms with van der Waals surface area (Å²) in [5.41, 5.74) is 0. The van der Waals surface area contributed by atoms with Gasteiger partial charge in [0.15, 0.2) is 0 Å². The lowest BCUT2D eigenvalue weighted by Crippen LogP contribution is -2.38. The number of halogens is 1. The van der Waals surface area contributed by atoms with E-state index in [0.717, 1.165) is 25.7 Å². The second-order valence-electron chi connectivity index (χ2n) is 4.65. The van der Waals surface area contributed by atoms with Gasteiger partial charge in [-0.25, -0.2) is 0 Å². The van der Waals surface area contributed by atoms with Crippen molar-refractivity contribution >= 4 is 23.0 Å². The first-order chi connectivity index (χ1) is 7.38. The van der Waals surface area contributed by atoms with E-state index in [1.54, 1.807) is 0 Å². The second-order valence-corrected chi connectivity index (χ2v) is 5.16. The van der Waals surface area contributed by atoms with E-state index < -0.39 is 0 Å². The summed E-state index contributed by atoms with van der Waals surface area (Å²) in [6.45, 7) is 5.33. The Labute approximate surface area is 106 Å². The molecule has 4 heteroatoms. The zero-order chi connectivity index (χ0) is 10.5. The zero-order valence-electron chi connectivity index (χ0n) is 9.16. The number of nitrogens with zero attached hydrogens (tertiary/aromatic N) is 1. The molecule has 0 atom stereocenters. The molecule has 0 spiro atoms. The van der Waals surface area contributed by atoms with Crippen LogP contribution in [0.4, 0.5) is 0 Å². The monoisotopic (exact) mass is 325 g/mol.